The lowest BCUT2D eigenvalue weighted by Crippen LogP contribution is -2.41. The molecule has 0 unspecified atom stereocenters. The third-order valence-corrected chi connectivity index (χ3v) is 3.44. The van der Waals surface area contributed by atoms with Crippen LogP contribution in [0.4, 0.5) is 13.2 Å². The number of rotatable bonds is 4. The first-order chi connectivity index (χ1) is 8.44. The van der Waals surface area contributed by atoms with Crippen LogP contribution in [0.2, 0.25) is 0 Å². The molecule has 0 radical (unpaired) electrons. The molecule has 100 valence electrons. The van der Waals surface area contributed by atoms with E-state index in [2.05, 4.69) is 26.2 Å². The summed E-state index contributed by atoms with van der Waals surface area (Å²) in [5.74, 6) is 0.398. The molecule has 1 aliphatic carbocycles. The number of benzene rings is 1. The Bertz CT molecular complexity index is 405. The molecule has 2 nitrogen and oxygen atoms in total. The highest BCUT2D eigenvalue weighted by atomic mass is 79.9. The Balaban J connectivity index is 1.71. The second-order valence-electron chi connectivity index (χ2n) is 4.44. The molecule has 18 heavy (non-hydrogen) atoms. The van der Waals surface area contributed by atoms with E-state index in [4.69, 9.17) is 0 Å². The fourth-order valence-corrected chi connectivity index (χ4v) is 2.41. The molecule has 1 aromatic rings. The van der Waals surface area contributed by atoms with Crippen LogP contribution in [0.1, 0.15) is 24.3 Å². The van der Waals surface area contributed by atoms with E-state index < -0.39 is 12.8 Å². The van der Waals surface area contributed by atoms with Crippen molar-refractivity contribution in [2.75, 3.05) is 6.61 Å². The highest BCUT2D eigenvalue weighted by Gasteiger charge is 2.32. The van der Waals surface area contributed by atoms with Crippen molar-refractivity contribution < 1.29 is 18.0 Å². The molecule has 0 saturated heterocycles. The Morgan fingerprint density at radius 2 is 2.06 bits per heavy atom. The van der Waals surface area contributed by atoms with Crippen LogP contribution in [0, 0.1) is 0 Å². The molecule has 0 spiro atoms. The molecular weight excluding hydrogens is 311 g/mol. The summed E-state index contributed by atoms with van der Waals surface area (Å²) < 4.78 is 36.5. The summed E-state index contributed by atoms with van der Waals surface area (Å²) in [6.45, 7) is -1.24. The molecule has 0 bridgehead atoms. The van der Waals surface area contributed by atoms with Crippen molar-refractivity contribution in [1.29, 1.82) is 0 Å². The maximum Gasteiger partial charge on any atom is 0.413 e. The Kier molecular flexibility index (Phi) is 4.29. The van der Waals surface area contributed by atoms with Gasteiger partial charge in [0.05, 0.1) is 0 Å². The molecule has 2 rings (SSSR count). The smallest absolute Gasteiger partial charge is 0.292 e. The summed E-state index contributed by atoms with van der Waals surface area (Å²) in [4.78, 5) is 4.43. The molecule has 1 saturated carbocycles. The molecule has 0 amide bonds. The van der Waals surface area contributed by atoms with Crippen molar-refractivity contribution in [3.05, 3.63) is 34.3 Å². The van der Waals surface area contributed by atoms with Gasteiger partial charge < -0.3 is 0 Å². The zero-order valence-electron chi connectivity index (χ0n) is 9.51. The fraction of sp³-hybridized carbons (Fsp3) is 0.500. The van der Waals surface area contributed by atoms with Crippen LogP contribution in [0.25, 0.3) is 0 Å². The summed E-state index contributed by atoms with van der Waals surface area (Å²) in [6, 6.07) is 7.99. The van der Waals surface area contributed by atoms with E-state index >= 15 is 0 Å². The number of hydrogen-bond donors (Lipinski definition) is 1. The quantitative estimate of drug-likeness (QED) is 0.851. The molecule has 0 aromatic heterocycles. The van der Waals surface area contributed by atoms with Crippen molar-refractivity contribution in [3.63, 3.8) is 0 Å². The molecule has 6 heteroatoms. The minimum Gasteiger partial charge on any atom is -0.292 e. The van der Waals surface area contributed by atoms with E-state index in [1.54, 1.807) is 0 Å². The van der Waals surface area contributed by atoms with E-state index in [1.165, 1.54) is 5.56 Å². The van der Waals surface area contributed by atoms with Crippen molar-refractivity contribution >= 4 is 15.9 Å². The second kappa shape index (κ2) is 5.59. The lowest BCUT2D eigenvalue weighted by atomic mass is 9.76. The molecular formula is C12H13BrF3NO. The summed E-state index contributed by atoms with van der Waals surface area (Å²) in [6.07, 6.45) is -2.68. The average Bonchev–Trinajstić information content (AvgIpc) is 2.19. The van der Waals surface area contributed by atoms with Crippen LogP contribution in [-0.4, -0.2) is 18.8 Å². The third-order valence-electron chi connectivity index (χ3n) is 2.94. The molecule has 1 N–H and O–H groups in total. The maximum atomic E-state index is 11.8. The molecule has 1 fully saturated rings. The Morgan fingerprint density at radius 3 is 2.67 bits per heavy atom. The van der Waals surface area contributed by atoms with E-state index in [1.807, 2.05) is 24.3 Å². The fourth-order valence-electron chi connectivity index (χ4n) is 1.99. The van der Waals surface area contributed by atoms with Crippen LogP contribution < -0.4 is 5.48 Å². The summed E-state index contributed by atoms with van der Waals surface area (Å²) in [5.41, 5.74) is 3.66. The first-order valence-electron chi connectivity index (χ1n) is 5.63. The van der Waals surface area contributed by atoms with Gasteiger partial charge in [0, 0.05) is 10.5 Å². The van der Waals surface area contributed by atoms with Crippen molar-refractivity contribution in [2.24, 2.45) is 0 Å². The van der Waals surface area contributed by atoms with Gasteiger partial charge in [-0.2, -0.15) is 18.7 Å². The van der Waals surface area contributed by atoms with E-state index in [9.17, 15) is 13.2 Å². The standard InChI is InChI=1S/C12H13BrF3NO/c13-10-3-1-2-8(4-10)9-5-11(6-9)17-18-7-12(14,15)16/h1-4,9,11,17H,5-7H2. The lowest BCUT2D eigenvalue weighted by Gasteiger charge is -2.35. The van der Waals surface area contributed by atoms with Gasteiger partial charge in [0.1, 0.15) is 0 Å². The average molecular weight is 324 g/mol. The van der Waals surface area contributed by atoms with Gasteiger partial charge in [-0.05, 0) is 36.5 Å². The highest BCUT2D eigenvalue weighted by molar-refractivity contribution is 9.10. The van der Waals surface area contributed by atoms with Crippen LogP contribution in [0.3, 0.4) is 0 Å². The van der Waals surface area contributed by atoms with E-state index in [0.29, 0.717) is 5.92 Å². The first-order valence-corrected chi connectivity index (χ1v) is 6.43. The van der Waals surface area contributed by atoms with Gasteiger partial charge in [0.2, 0.25) is 0 Å². The van der Waals surface area contributed by atoms with E-state index in [-0.39, 0.29) is 6.04 Å². The molecule has 1 aliphatic rings. The summed E-state index contributed by atoms with van der Waals surface area (Å²) >= 11 is 3.40. The maximum absolute atomic E-state index is 11.8. The van der Waals surface area contributed by atoms with Gasteiger partial charge in [0.25, 0.3) is 0 Å². The normalized spacial score (nSPS) is 23.8. The summed E-state index contributed by atoms with van der Waals surface area (Å²) in [5, 5.41) is 0. The topological polar surface area (TPSA) is 21.3 Å². The van der Waals surface area contributed by atoms with Crippen molar-refractivity contribution in [1.82, 2.24) is 5.48 Å². The van der Waals surface area contributed by atoms with Crippen molar-refractivity contribution in [2.45, 2.75) is 31.0 Å². The van der Waals surface area contributed by atoms with Crippen LogP contribution in [0.15, 0.2) is 28.7 Å². The number of alkyl halides is 3. The van der Waals surface area contributed by atoms with Gasteiger partial charge in [-0.1, -0.05) is 28.1 Å². The number of hydrogen-bond acceptors (Lipinski definition) is 2. The van der Waals surface area contributed by atoms with Crippen LogP contribution in [-0.2, 0) is 4.84 Å². The van der Waals surface area contributed by atoms with Gasteiger partial charge >= 0.3 is 6.18 Å². The van der Waals surface area contributed by atoms with Crippen LogP contribution in [0.5, 0.6) is 0 Å². The largest absolute Gasteiger partial charge is 0.413 e. The third kappa shape index (κ3) is 3.96. The number of hydroxylamine groups is 1. The molecule has 0 heterocycles. The first kappa shape index (κ1) is 13.8. The number of nitrogens with one attached hydrogen (secondary N) is 1. The molecule has 0 atom stereocenters. The van der Waals surface area contributed by atoms with Gasteiger partial charge in [0.15, 0.2) is 6.61 Å². The Morgan fingerprint density at radius 1 is 1.33 bits per heavy atom. The Hall–Kier alpha value is -0.590. The minimum absolute atomic E-state index is 0.0105. The molecule has 0 aliphatic heterocycles. The SMILES string of the molecule is FC(F)(F)CONC1CC(c2cccc(Br)c2)C1. The molecule has 1 aromatic carbocycles. The predicted molar refractivity (Wildman–Crippen MR) is 65.0 cm³/mol. The van der Waals surface area contributed by atoms with Crippen LogP contribution >= 0.6 is 15.9 Å². The zero-order valence-corrected chi connectivity index (χ0v) is 11.1. The van der Waals surface area contributed by atoms with Gasteiger partial charge in [-0.15, -0.1) is 0 Å². The second-order valence-corrected chi connectivity index (χ2v) is 5.36. The monoisotopic (exact) mass is 323 g/mol. The summed E-state index contributed by atoms with van der Waals surface area (Å²) in [7, 11) is 0. The van der Waals surface area contributed by atoms with Gasteiger partial charge in [-0.3, -0.25) is 4.84 Å². The lowest BCUT2D eigenvalue weighted by molar-refractivity contribution is -0.195. The van der Waals surface area contributed by atoms with Gasteiger partial charge in [-0.25, -0.2) is 0 Å². The van der Waals surface area contributed by atoms with E-state index in [0.717, 1.165) is 17.3 Å². The highest BCUT2D eigenvalue weighted by Crippen LogP contribution is 2.37. The predicted octanol–water partition coefficient (Wildman–Crippen LogP) is 3.78. The minimum atomic E-state index is -4.28. The number of halogens is 4. The zero-order chi connectivity index (χ0) is 13.2. The Labute approximate surface area is 112 Å². The van der Waals surface area contributed by atoms with Crippen molar-refractivity contribution in [3.8, 4) is 0 Å².